The summed E-state index contributed by atoms with van der Waals surface area (Å²) in [5, 5.41) is 17.0. The first kappa shape index (κ1) is 29.1. The SMILES string of the molecule is Cn1ccc(C2CCON2)n1.Cn1ccc(C2CCON2C(=O)OC(C)(C)C)n1.O=C(O)C(F)(F)F. The van der Waals surface area contributed by atoms with E-state index < -0.39 is 23.8 Å². The third kappa shape index (κ3) is 9.13. The summed E-state index contributed by atoms with van der Waals surface area (Å²) in [6.45, 7) is 6.77. The van der Waals surface area contributed by atoms with E-state index in [1.807, 2.05) is 59.4 Å². The molecule has 0 aliphatic carbocycles. The van der Waals surface area contributed by atoms with Gasteiger partial charge >= 0.3 is 18.2 Å². The molecular weight excluding hydrogens is 489 g/mol. The maximum atomic E-state index is 12.0. The number of carboxylic acid groups (broad SMARTS) is 1. The van der Waals surface area contributed by atoms with Crippen LogP contribution in [-0.4, -0.2) is 66.8 Å². The molecule has 4 heterocycles. The van der Waals surface area contributed by atoms with Crippen molar-refractivity contribution in [3.8, 4) is 0 Å². The molecule has 1 amide bonds. The van der Waals surface area contributed by atoms with E-state index in [1.165, 1.54) is 5.06 Å². The smallest absolute Gasteiger partial charge is 0.475 e. The number of aliphatic carboxylic acids is 1. The number of hydroxylamine groups is 3. The van der Waals surface area contributed by atoms with Crippen LogP contribution >= 0.6 is 0 Å². The predicted molar refractivity (Wildman–Crippen MR) is 118 cm³/mol. The lowest BCUT2D eigenvalue weighted by molar-refractivity contribution is -0.192. The van der Waals surface area contributed by atoms with Gasteiger partial charge in [0.05, 0.1) is 30.6 Å². The molecule has 4 rings (SSSR count). The van der Waals surface area contributed by atoms with Crippen LogP contribution in [0, 0.1) is 0 Å². The van der Waals surface area contributed by atoms with Gasteiger partial charge in [-0.05, 0) is 39.3 Å². The number of carbonyl (C=O) groups excluding carboxylic acids is 1. The van der Waals surface area contributed by atoms with Gasteiger partial charge in [-0.2, -0.15) is 33.9 Å². The van der Waals surface area contributed by atoms with E-state index in [0.717, 1.165) is 30.8 Å². The van der Waals surface area contributed by atoms with Crippen molar-refractivity contribution in [2.75, 3.05) is 13.2 Å². The van der Waals surface area contributed by atoms with Crippen LogP contribution in [0.25, 0.3) is 0 Å². The Hall–Kier alpha value is -3.17. The first-order valence-corrected chi connectivity index (χ1v) is 11.0. The monoisotopic (exact) mass is 520 g/mol. The van der Waals surface area contributed by atoms with Crippen LogP contribution in [0.1, 0.15) is 57.1 Å². The summed E-state index contributed by atoms with van der Waals surface area (Å²) >= 11 is 0. The molecule has 0 saturated carbocycles. The lowest BCUT2D eigenvalue weighted by Gasteiger charge is -2.26. The number of hydrogen-bond acceptors (Lipinski definition) is 8. The number of halogens is 3. The Bertz CT molecular complexity index is 997. The molecule has 2 atom stereocenters. The Morgan fingerprint density at radius 1 is 1.06 bits per heavy atom. The average molecular weight is 521 g/mol. The number of amides is 1. The van der Waals surface area contributed by atoms with E-state index in [1.54, 1.807) is 9.36 Å². The summed E-state index contributed by atoms with van der Waals surface area (Å²) in [6, 6.07) is 4.01. The van der Waals surface area contributed by atoms with E-state index in [0.29, 0.717) is 6.61 Å². The van der Waals surface area contributed by atoms with Crippen molar-refractivity contribution < 1.29 is 42.3 Å². The highest BCUT2D eigenvalue weighted by Crippen LogP contribution is 2.30. The van der Waals surface area contributed by atoms with Crippen LogP contribution in [0.5, 0.6) is 0 Å². The third-order valence-corrected chi connectivity index (χ3v) is 4.62. The van der Waals surface area contributed by atoms with Crippen LogP contribution in [0.3, 0.4) is 0 Å². The molecule has 0 radical (unpaired) electrons. The van der Waals surface area contributed by atoms with Crippen molar-refractivity contribution in [1.82, 2.24) is 30.1 Å². The predicted octanol–water partition coefficient (Wildman–Crippen LogP) is 3.05. The van der Waals surface area contributed by atoms with E-state index in [9.17, 15) is 18.0 Å². The second-order valence-electron chi connectivity index (χ2n) is 8.88. The average Bonchev–Trinajstić information content (AvgIpc) is 3.54. The van der Waals surface area contributed by atoms with E-state index in [2.05, 4.69) is 15.7 Å². The fourth-order valence-electron chi connectivity index (χ4n) is 3.06. The van der Waals surface area contributed by atoms with E-state index in [-0.39, 0.29) is 12.1 Å². The largest absolute Gasteiger partial charge is 0.490 e. The Kier molecular flexibility index (Phi) is 9.84. The molecule has 12 nitrogen and oxygen atoms in total. The lowest BCUT2D eigenvalue weighted by Crippen LogP contribution is -2.35. The van der Waals surface area contributed by atoms with Gasteiger partial charge in [-0.1, -0.05) is 0 Å². The summed E-state index contributed by atoms with van der Waals surface area (Å²) in [4.78, 5) is 31.3. The summed E-state index contributed by atoms with van der Waals surface area (Å²) in [6.07, 6.45) is -0.0144. The van der Waals surface area contributed by atoms with Gasteiger partial charge in [0.25, 0.3) is 0 Å². The minimum atomic E-state index is -5.08. The number of ether oxygens (including phenoxy) is 1. The Labute approximate surface area is 205 Å². The van der Waals surface area contributed by atoms with Gasteiger partial charge in [-0.3, -0.25) is 14.2 Å². The maximum absolute atomic E-state index is 12.0. The number of carbonyl (C=O) groups is 2. The zero-order chi connectivity index (χ0) is 27.1. The molecule has 2 fully saturated rings. The lowest BCUT2D eigenvalue weighted by atomic mass is 10.1. The highest BCUT2D eigenvalue weighted by Gasteiger charge is 2.38. The fraction of sp³-hybridized carbons (Fsp3) is 0.619. The maximum Gasteiger partial charge on any atom is 0.490 e. The molecule has 36 heavy (non-hydrogen) atoms. The molecule has 2 aliphatic heterocycles. The van der Waals surface area contributed by atoms with Crippen molar-refractivity contribution in [2.24, 2.45) is 14.1 Å². The van der Waals surface area contributed by atoms with Crippen molar-refractivity contribution in [2.45, 2.75) is 57.5 Å². The first-order valence-electron chi connectivity index (χ1n) is 11.0. The molecule has 2 aromatic heterocycles. The van der Waals surface area contributed by atoms with Crippen LogP contribution in [0.4, 0.5) is 18.0 Å². The molecule has 2 aliphatic rings. The molecule has 0 aromatic carbocycles. The molecule has 2 unspecified atom stereocenters. The number of rotatable bonds is 2. The molecule has 0 bridgehead atoms. The minimum absolute atomic E-state index is 0.166. The van der Waals surface area contributed by atoms with Gasteiger partial charge in [0, 0.05) is 32.9 Å². The summed E-state index contributed by atoms with van der Waals surface area (Å²) in [7, 11) is 3.76. The van der Waals surface area contributed by atoms with Crippen molar-refractivity contribution in [3.63, 3.8) is 0 Å². The molecule has 202 valence electrons. The number of nitrogens with zero attached hydrogens (tertiary/aromatic N) is 5. The molecule has 2 saturated heterocycles. The second-order valence-corrected chi connectivity index (χ2v) is 8.88. The molecule has 2 N–H and O–H groups in total. The molecule has 0 spiro atoms. The summed E-state index contributed by atoms with van der Waals surface area (Å²) in [5.41, 5.74) is 4.26. The number of aromatic nitrogens is 4. The molecule has 2 aromatic rings. The Morgan fingerprint density at radius 2 is 1.61 bits per heavy atom. The topological polar surface area (TPSA) is 133 Å². The van der Waals surface area contributed by atoms with Crippen LogP contribution in [0.15, 0.2) is 24.5 Å². The molecule has 15 heteroatoms. The number of nitrogens with one attached hydrogen (secondary N) is 1. The number of aryl methyl sites for hydroxylation is 2. The van der Waals surface area contributed by atoms with Gasteiger partial charge < -0.3 is 14.7 Å². The van der Waals surface area contributed by atoms with Crippen molar-refractivity contribution in [1.29, 1.82) is 0 Å². The van der Waals surface area contributed by atoms with Crippen LogP contribution < -0.4 is 5.48 Å². The highest BCUT2D eigenvalue weighted by atomic mass is 19.4. The van der Waals surface area contributed by atoms with Gasteiger partial charge in [0.1, 0.15) is 11.6 Å². The molecular formula is C21H31F3N6O6. The van der Waals surface area contributed by atoms with Crippen molar-refractivity contribution >= 4 is 12.1 Å². The van der Waals surface area contributed by atoms with Crippen LogP contribution in [-0.2, 0) is 33.3 Å². The zero-order valence-corrected chi connectivity index (χ0v) is 20.7. The Morgan fingerprint density at radius 3 is 2.03 bits per heavy atom. The highest BCUT2D eigenvalue weighted by molar-refractivity contribution is 5.73. The number of hydrogen-bond donors (Lipinski definition) is 2. The fourth-order valence-corrected chi connectivity index (χ4v) is 3.06. The van der Waals surface area contributed by atoms with Gasteiger partial charge in [0.15, 0.2) is 0 Å². The van der Waals surface area contributed by atoms with E-state index >= 15 is 0 Å². The van der Waals surface area contributed by atoms with Crippen LogP contribution in [0.2, 0.25) is 0 Å². The van der Waals surface area contributed by atoms with Gasteiger partial charge in [0.2, 0.25) is 0 Å². The quantitative estimate of drug-likeness (QED) is 0.613. The Balaban J connectivity index is 0.000000215. The van der Waals surface area contributed by atoms with Gasteiger partial charge in [-0.25, -0.2) is 9.59 Å². The minimum Gasteiger partial charge on any atom is -0.475 e. The van der Waals surface area contributed by atoms with E-state index in [4.69, 9.17) is 24.3 Å². The standard InChI is InChI=1S/C12H19N3O3.C7H11N3O.C2HF3O2/c1-12(2,3)18-11(16)15-10(6-8-17-15)9-5-7-14(4)13-9;1-10-4-2-6(8-10)7-3-5-11-9-7;3-2(4,5)1(6)7/h5,7,10H,6,8H2,1-4H3;2,4,7,9H,3,5H2,1H3;(H,6,7). The number of alkyl halides is 3. The summed E-state index contributed by atoms with van der Waals surface area (Å²) < 4.78 is 40.6. The zero-order valence-electron chi connectivity index (χ0n) is 20.7. The van der Waals surface area contributed by atoms with Crippen molar-refractivity contribution in [3.05, 3.63) is 35.9 Å². The summed E-state index contributed by atoms with van der Waals surface area (Å²) in [5.74, 6) is -2.76. The normalized spacial score (nSPS) is 19.7. The third-order valence-electron chi connectivity index (χ3n) is 4.62. The first-order chi connectivity index (χ1) is 16.7. The second kappa shape index (κ2) is 12.2. The van der Waals surface area contributed by atoms with Gasteiger partial charge in [-0.15, -0.1) is 0 Å². The number of carboxylic acids is 1.